The van der Waals surface area contributed by atoms with Crippen LogP contribution in [0.4, 0.5) is 0 Å². The normalized spacial score (nSPS) is 14.7. The summed E-state index contributed by atoms with van der Waals surface area (Å²) in [6.07, 6.45) is 2.72. The molecule has 1 N–H and O–H groups in total. The first-order chi connectivity index (χ1) is 9.18. The van der Waals surface area contributed by atoms with Crippen LogP contribution in [0.25, 0.3) is 0 Å². The highest BCUT2D eigenvalue weighted by atomic mass is 32.2. The van der Waals surface area contributed by atoms with Crippen LogP contribution in [0.1, 0.15) is 29.1 Å². The Morgan fingerprint density at radius 2 is 1.79 bits per heavy atom. The molecule has 0 saturated carbocycles. The molecule has 0 aliphatic carbocycles. The summed E-state index contributed by atoms with van der Waals surface area (Å²) in [6, 6.07) is 8.79. The summed E-state index contributed by atoms with van der Waals surface area (Å²) in [4.78, 5) is 2.68. The van der Waals surface area contributed by atoms with Crippen LogP contribution in [-0.2, 0) is 10.8 Å². The summed E-state index contributed by atoms with van der Waals surface area (Å²) in [5, 5.41) is 8.07. The molecular formula is C14H19NOS3. The number of nitrogens with one attached hydrogen (secondary N) is 1. The van der Waals surface area contributed by atoms with Crippen LogP contribution >= 0.6 is 22.7 Å². The fourth-order valence-corrected chi connectivity index (χ4v) is 4.01. The lowest BCUT2D eigenvalue weighted by Crippen LogP contribution is -2.25. The lowest BCUT2D eigenvalue weighted by atomic mass is 10.2. The smallest absolute Gasteiger partial charge is 0.0764 e. The maximum Gasteiger partial charge on any atom is 0.0764 e. The van der Waals surface area contributed by atoms with E-state index in [0.29, 0.717) is 0 Å². The number of hydrogen-bond donors (Lipinski definition) is 1. The van der Waals surface area contributed by atoms with Gasteiger partial charge in [-0.15, -0.1) is 22.7 Å². The van der Waals surface area contributed by atoms with Gasteiger partial charge in [0.1, 0.15) is 0 Å². The molecule has 0 radical (unpaired) electrons. The molecule has 5 heteroatoms. The predicted molar refractivity (Wildman–Crippen MR) is 86.6 cm³/mol. The van der Waals surface area contributed by atoms with Crippen LogP contribution < -0.4 is 5.32 Å². The van der Waals surface area contributed by atoms with Crippen LogP contribution in [0.3, 0.4) is 0 Å². The Morgan fingerprint density at radius 1 is 1.21 bits per heavy atom. The van der Waals surface area contributed by atoms with E-state index in [9.17, 15) is 4.21 Å². The standard InChI is InChI=1S/C14H19NOS3/c1-11(19(2)16)7-8-15-14(12-5-3-9-17-12)13-6-4-10-18-13/h3-6,9-11,14-15H,7-8H2,1-2H3. The van der Waals surface area contributed by atoms with Crippen LogP contribution in [-0.4, -0.2) is 22.3 Å². The van der Waals surface area contributed by atoms with Crippen molar-refractivity contribution in [3.63, 3.8) is 0 Å². The van der Waals surface area contributed by atoms with Crippen molar-refractivity contribution in [3.05, 3.63) is 44.8 Å². The van der Waals surface area contributed by atoms with Gasteiger partial charge in [-0.2, -0.15) is 0 Å². The van der Waals surface area contributed by atoms with Crippen molar-refractivity contribution in [3.8, 4) is 0 Å². The van der Waals surface area contributed by atoms with Gasteiger partial charge in [-0.3, -0.25) is 4.21 Å². The summed E-state index contributed by atoms with van der Waals surface area (Å²) in [5.41, 5.74) is 0. The molecule has 2 atom stereocenters. The average molecular weight is 314 g/mol. The minimum absolute atomic E-state index is 0.250. The van der Waals surface area contributed by atoms with E-state index in [-0.39, 0.29) is 11.3 Å². The maximum atomic E-state index is 11.4. The molecule has 0 aromatic carbocycles. The third kappa shape index (κ3) is 4.24. The van der Waals surface area contributed by atoms with Gasteiger partial charge >= 0.3 is 0 Å². The SMILES string of the molecule is CC(CCNC(c1cccs1)c1cccs1)S(C)=O. The van der Waals surface area contributed by atoms with Crippen molar-refractivity contribution in [1.29, 1.82) is 0 Å². The highest BCUT2D eigenvalue weighted by molar-refractivity contribution is 7.84. The Balaban J connectivity index is 1.98. The molecule has 2 rings (SSSR count). The second-order valence-corrected chi connectivity index (χ2v) is 8.28. The summed E-state index contributed by atoms with van der Waals surface area (Å²) >= 11 is 3.56. The zero-order valence-electron chi connectivity index (χ0n) is 11.2. The van der Waals surface area contributed by atoms with Crippen LogP contribution in [0, 0.1) is 0 Å². The second kappa shape index (κ2) is 7.33. The first-order valence-electron chi connectivity index (χ1n) is 6.31. The van der Waals surface area contributed by atoms with E-state index in [4.69, 9.17) is 0 Å². The molecule has 0 saturated heterocycles. The Labute approximate surface area is 125 Å². The summed E-state index contributed by atoms with van der Waals surface area (Å²) < 4.78 is 11.4. The summed E-state index contributed by atoms with van der Waals surface area (Å²) in [5.74, 6) is 0. The van der Waals surface area contributed by atoms with E-state index < -0.39 is 10.8 Å². The van der Waals surface area contributed by atoms with Crippen LogP contribution in [0.5, 0.6) is 0 Å². The van der Waals surface area contributed by atoms with Crippen LogP contribution in [0.15, 0.2) is 35.0 Å². The van der Waals surface area contributed by atoms with Gasteiger partial charge in [0.25, 0.3) is 0 Å². The van der Waals surface area contributed by atoms with E-state index in [0.717, 1.165) is 13.0 Å². The van der Waals surface area contributed by atoms with Crippen molar-refractivity contribution in [2.75, 3.05) is 12.8 Å². The van der Waals surface area contributed by atoms with Crippen LogP contribution in [0.2, 0.25) is 0 Å². The van der Waals surface area contributed by atoms with E-state index in [2.05, 4.69) is 40.3 Å². The quantitative estimate of drug-likeness (QED) is 0.845. The fraction of sp³-hybridized carbons (Fsp3) is 0.429. The first kappa shape index (κ1) is 14.9. The molecule has 2 unspecified atom stereocenters. The maximum absolute atomic E-state index is 11.4. The van der Waals surface area contributed by atoms with E-state index in [1.807, 2.05) is 6.92 Å². The Bertz CT molecular complexity index is 459. The van der Waals surface area contributed by atoms with Crippen molar-refractivity contribution in [1.82, 2.24) is 5.32 Å². The summed E-state index contributed by atoms with van der Waals surface area (Å²) in [7, 11) is -0.733. The molecule has 0 spiro atoms. The molecule has 0 bridgehead atoms. The molecule has 0 aliphatic heterocycles. The first-order valence-corrected chi connectivity index (χ1v) is 9.69. The Morgan fingerprint density at radius 3 is 2.21 bits per heavy atom. The van der Waals surface area contributed by atoms with E-state index in [1.54, 1.807) is 28.9 Å². The Hall–Kier alpha value is -0.490. The molecular weight excluding hydrogens is 294 g/mol. The van der Waals surface area contributed by atoms with Crippen molar-refractivity contribution in [2.45, 2.75) is 24.6 Å². The van der Waals surface area contributed by atoms with Gasteiger partial charge in [-0.1, -0.05) is 19.1 Å². The molecule has 0 aliphatic rings. The highest BCUT2D eigenvalue weighted by Gasteiger charge is 2.16. The van der Waals surface area contributed by atoms with Gasteiger partial charge in [-0.05, 0) is 35.9 Å². The molecule has 2 heterocycles. The zero-order chi connectivity index (χ0) is 13.7. The number of hydrogen-bond acceptors (Lipinski definition) is 4. The van der Waals surface area contributed by atoms with E-state index >= 15 is 0 Å². The van der Waals surface area contributed by atoms with E-state index in [1.165, 1.54) is 9.75 Å². The number of thiophene rings is 2. The molecule has 2 aromatic heterocycles. The lowest BCUT2D eigenvalue weighted by Gasteiger charge is -2.17. The van der Waals surface area contributed by atoms with Gasteiger partial charge in [0.05, 0.1) is 6.04 Å². The topological polar surface area (TPSA) is 29.1 Å². The average Bonchev–Trinajstić information content (AvgIpc) is 3.07. The molecule has 19 heavy (non-hydrogen) atoms. The van der Waals surface area contributed by atoms with Crippen molar-refractivity contribution < 1.29 is 4.21 Å². The summed E-state index contributed by atoms with van der Waals surface area (Å²) in [6.45, 7) is 2.93. The molecule has 0 amide bonds. The minimum atomic E-state index is -0.733. The molecule has 104 valence electrons. The van der Waals surface area contributed by atoms with Crippen molar-refractivity contribution in [2.24, 2.45) is 0 Å². The fourth-order valence-electron chi connectivity index (χ4n) is 1.85. The van der Waals surface area contributed by atoms with Gasteiger partial charge < -0.3 is 5.32 Å². The largest absolute Gasteiger partial charge is 0.305 e. The number of rotatable bonds is 7. The lowest BCUT2D eigenvalue weighted by molar-refractivity contribution is 0.588. The monoisotopic (exact) mass is 313 g/mol. The van der Waals surface area contributed by atoms with Gasteiger partial charge in [-0.25, -0.2) is 0 Å². The van der Waals surface area contributed by atoms with Crippen molar-refractivity contribution >= 4 is 33.5 Å². The minimum Gasteiger partial charge on any atom is -0.305 e. The molecule has 2 aromatic rings. The Kier molecular flexibility index (Phi) is 5.76. The molecule has 2 nitrogen and oxygen atoms in total. The third-order valence-electron chi connectivity index (χ3n) is 3.12. The second-order valence-electron chi connectivity index (χ2n) is 4.52. The highest BCUT2D eigenvalue weighted by Crippen LogP contribution is 2.29. The third-order valence-corrected chi connectivity index (χ3v) is 6.36. The van der Waals surface area contributed by atoms with Gasteiger partial charge in [0.2, 0.25) is 0 Å². The zero-order valence-corrected chi connectivity index (χ0v) is 13.6. The van der Waals surface area contributed by atoms with Gasteiger partial charge in [0.15, 0.2) is 0 Å². The predicted octanol–water partition coefficient (Wildman–Crippen LogP) is 3.65. The molecule has 0 fully saturated rings. The van der Waals surface area contributed by atoms with Gasteiger partial charge in [0, 0.05) is 32.1 Å².